The van der Waals surface area contributed by atoms with E-state index in [1.54, 1.807) is 29.3 Å². The number of alkyl halides is 3. The number of H-pyrrole nitrogens is 1. The molecule has 0 bridgehead atoms. The molecule has 0 aliphatic carbocycles. The van der Waals surface area contributed by atoms with Crippen LogP contribution in [0.5, 0.6) is 5.75 Å². The van der Waals surface area contributed by atoms with Gasteiger partial charge in [0.25, 0.3) is 6.47 Å². The van der Waals surface area contributed by atoms with E-state index in [9.17, 15) is 27.6 Å². The number of amides is 3. The summed E-state index contributed by atoms with van der Waals surface area (Å²) in [7, 11) is 5.23. The van der Waals surface area contributed by atoms with Crippen LogP contribution in [0.4, 0.5) is 23.7 Å². The average molecular weight is 913 g/mol. The van der Waals surface area contributed by atoms with Crippen LogP contribution in [0, 0.1) is 17.3 Å². The Morgan fingerprint density at radius 1 is 0.923 bits per heavy atom. The number of methoxy groups -OCH3 is 1. The quantitative estimate of drug-likeness (QED) is 0.183. The molecule has 3 amide bonds. The van der Waals surface area contributed by atoms with Crippen LogP contribution in [0.25, 0.3) is 22.4 Å². The van der Waals surface area contributed by atoms with Gasteiger partial charge in [0.2, 0.25) is 5.91 Å². The second-order valence-corrected chi connectivity index (χ2v) is 18.3. The van der Waals surface area contributed by atoms with E-state index in [0.29, 0.717) is 56.1 Å². The number of rotatable bonds is 10. The van der Waals surface area contributed by atoms with Gasteiger partial charge < -0.3 is 44.4 Å². The summed E-state index contributed by atoms with van der Waals surface area (Å²) < 4.78 is 54.1. The van der Waals surface area contributed by atoms with Crippen molar-refractivity contribution in [1.82, 2.24) is 34.9 Å². The maximum absolute atomic E-state index is 13.5. The zero-order valence-corrected chi connectivity index (χ0v) is 38.8. The molecular weight excluding hydrogens is 846 g/mol. The maximum Gasteiger partial charge on any atom is 0.573 e. The second kappa shape index (κ2) is 23.4. The number of hydrogen-bond acceptors (Lipinski definition) is 11. The molecule has 0 spiro atoms. The highest BCUT2D eigenvalue weighted by Gasteiger charge is 2.35. The maximum atomic E-state index is 13.5. The van der Waals surface area contributed by atoms with E-state index in [2.05, 4.69) is 53.8 Å². The SMILES string of the molecule is CC1CC(c2ncc(-c3ccc(-c4ccc(NC(=O)N5CCC(N6CCN(C(=O)C(C)(C)C)CC6)CC5)cc4OC(F)(F)F)cc3)[nH]2)N(C)C1.CNC(C=O)C1CCOCC1.COC=O. The molecule has 0 saturated carbocycles. The number of carbonyl (C=O) groups is 4. The smallest absolute Gasteiger partial charge is 0.471 e. The summed E-state index contributed by atoms with van der Waals surface area (Å²) in [5.41, 5.74) is 2.31. The number of ether oxygens (including phenoxy) is 3. The van der Waals surface area contributed by atoms with Crippen LogP contribution in [-0.4, -0.2) is 153 Å². The molecule has 3 atom stereocenters. The third kappa shape index (κ3) is 14.5. The molecule has 3 N–H and O–H groups in total. The third-order valence-electron chi connectivity index (χ3n) is 12.5. The zero-order valence-electron chi connectivity index (χ0n) is 38.8. The number of aromatic nitrogens is 2. The molecule has 65 heavy (non-hydrogen) atoms. The molecule has 15 nitrogen and oxygen atoms in total. The Morgan fingerprint density at radius 3 is 2.09 bits per heavy atom. The van der Waals surface area contributed by atoms with Crippen LogP contribution in [0.15, 0.2) is 48.7 Å². The fourth-order valence-electron chi connectivity index (χ4n) is 9.00. The number of benzene rings is 2. The Morgan fingerprint density at radius 2 is 1.55 bits per heavy atom. The normalized spacial score (nSPS) is 20.7. The molecule has 3 aromatic rings. The molecule has 4 fully saturated rings. The summed E-state index contributed by atoms with van der Waals surface area (Å²) in [6.07, 6.45) is 2.48. The first kappa shape index (κ1) is 51.0. The monoisotopic (exact) mass is 913 g/mol. The summed E-state index contributed by atoms with van der Waals surface area (Å²) in [6, 6.07) is 11.7. The van der Waals surface area contributed by atoms with Gasteiger partial charge in [0.1, 0.15) is 17.9 Å². The molecule has 358 valence electrons. The Labute approximate surface area is 380 Å². The van der Waals surface area contributed by atoms with Crippen molar-refractivity contribution >= 4 is 30.4 Å². The number of imidazole rings is 1. The number of anilines is 1. The molecule has 4 aliphatic rings. The fourth-order valence-corrected chi connectivity index (χ4v) is 9.00. The molecule has 18 heteroatoms. The lowest BCUT2D eigenvalue weighted by molar-refractivity contribution is -0.274. The van der Waals surface area contributed by atoms with Crippen LogP contribution in [0.3, 0.4) is 0 Å². The molecule has 3 unspecified atom stereocenters. The largest absolute Gasteiger partial charge is 0.573 e. The average Bonchev–Trinajstić information content (AvgIpc) is 3.92. The number of hydrogen-bond donors (Lipinski definition) is 3. The van der Waals surface area contributed by atoms with Gasteiger partial charge in [0.15, 0.2) is 0 Å². The number of aromatic amines is 1. The first-order valence-corrected chi connectivity index (χ1v) is 22.5. The number of nitrogens with one attached hydrogen (secondary N) is 3. The minimum absolute atomic E-state index is 0.0268. The van der Waals surface area contributed by atoms with Crippen LogP contribution in [-0.2, 0) is 23.9 Å². The Hall–Kier alpha value is -5.04. The highest BCUT2D eigenvalue weighted by molar-refractivity contribution is 5.90. The number of likely N-dealkylation sites (N-methyl/N-ethyl adjacent to an activating group) is 1. The molecular formula is C47H67F3N8O7. The summed E-state index contributed by atoms with van der Waals surface area (Å²) in [6.45, 7) is 15.1. The van der Waals surface area contributed by atoms with E-state index in [4.69, 9.17) is 9.53 Å². The van der Waals surface area contributed by atoms with Crippen LogP contribution in [0.1, 0.15) is 71.7 Å². The van der Waals surface area contributed by atoms with Crippen LogP contribution in [0.2, 0.25) is 0 Å². The Bertz CT molecular complexity index is 1990. The lowest BCUT2D eigenvalue weighted by Gasteiger charge is -2.43. The number of halogens is 3. The molecule has 4 aliphatic heterocycles. The number of carbonyl (C=O) groups excluding carboxylic acids is 4. The Balaban J connectivity index is 0.000000451. The first-order valence-electron chi connectivity index (χ1n) is 22.5. The predicted molar refractivity (Wildman–Crippen MR) is 242 cm³/mol. The van der Waals surface area contributed by atoms with Crippen molar-refractivity contribution in [1.29, 1.82) is 0 Å². The van der Waals surface area contributed by atoms with Crippen molar-refractivity contribution in [2.75, 3.05) is 85.5 Å². The standard InChI is InChI=1S/C37H48F3N7O3.C8H15NO2.C2H4O2/c1-24-20-31(44(5)23-24)33-41-22-30(43-33)26-8-6-25(7-9-26)29-11-10-27(21-32(29)50-37(38,39)40)42-35(49)47-14-12-28(13-15-47)45-16-18-46(19-17-45)34(48)36(2,3)4;1-9-8(6-10)7-2-4-11-5-3-7;1-4-2-3/h6-11,21-22,24,28,31H,12-20,23H2,1-5H3,(H,41,43)(H,42,49);6-9H,2-5H2,1H3;2H,1H3. The van der Waals surface area contributed by atoms with Crippen molar-refractivity contribution in [3.05, 3.63) is 54.5 Å². The minimum Gasteiger partial charge on any atom is -0.471 e. The number of piperidine rings is 1. The van der Waals surface area contributed by atoms with Crippen LogP contribution >= 0.6 is 0 Å². The van der Waals surface area contributed by atoms with Crippen molar-refractivity contribution in [3.63, 3.8) is 0 Å². The van der Waals surface area contributed by atoms with E-state index in [0.717, 1.165) is 88.3 Å². The van der Waals surface area contributed by atoms with E-state index < -0.39 is 17.5 Å². The highest BCUT2D eigenvalue weighted by Crippen LogP contribution is 2.38. The number of nitrogens with zero attached hydrogens (tertiary/aromatic N) is 5. The van der Waals surface area contributed by atoms with Crippen molar-refractivity contribution in [2.24, 2.45) is 17.3 Å². The van der Waals surface area contributed by atoms with E-state index in [1.165, 1.54) is 19.2 Å². The zero-order chi connectivity index (χ0) is 47.3. The molecule has 2 aromatic carbocycles. The van der Waals surface area contributed by atoms with Crippen molar-refractivity contribution < 1.29 is 46.6 Å². The van der Waals surface area contributed by atoms with Gasteiger partial charge in [-0.05, 0) is 81.3 Å². The number of piperazine rings is 1. The van der Waals surface area contributed by atoms with Crippen molar-refractivity contribution in [2.45, 2.75) is 84.3 Å². The second-order valence-electron chi connectivity index (χ2n) is 18.3. The number of urea groups is 1. The molecule has 0 radical (unpaired) electrons. The van der Waals surface area contributed by atoms with Gasteiger partial charge in [-0.3, -0.25) is 19.4 Å². The molecule has 1 aromatic heterocycles. The highest BCUT2D eigenvalue weighted by atomic mass is 19.4. The molecule has 4 saturated heterocycles. The van der Waals surface area contributed by atoms with Gasteiger partial charge >= 0.3 is 12.4 Å². The first-order chi connectivity index (χ1) is 30.9. The summed E-state index contributed by atoms with van der Waals surface area (Å²) in [5.74, 6) is 1.75. The molecule has 7 rings (SSSR count). The Kier molecular flexibility index (Phi) is 18.4. The van der Waals surface area contributed by atoms with Gasteiger partial charge in [-0.15, -0.1) is 13.2 Å². The minimum atomic E-state index is -4.91. The summed E-state index contributed by atoms with van der Waals surface area (Å²) >= 11 is 0. The van der Waals surface area contributed by atoms with Crippen LogP contribution < -0.4 is 15.4 Å². The van der Waals surface area contributed by atoms with E-state index >= 15 is 0 Å². The summed E-state index contributed by atoms with van der Waals surface area (Å²) in [5, 5.41) is 5.77. The van der Waals surface area contributed by atoms with Gasteiger partial charge in [-0.2, -0.15) is 0 Å². The number of likely N-dealkylation sites (tertiary alicyclic amines) is 2. The van der Waals surface area contributed by atoms with Gasteiger partial charge in [0.05, 0.1) is 31.1 Å². The topological polar surface area (TPSA) is 162 Å². The van der Waals surface area contributed by atoms with Gasteiger partial charge in [-0.1, -0.05) is 52.0 Å². The number of aldehydes is 1. The lowest BCUT2D eigenvalue weighted by atomic mass is 9.93. The van der Waals surface area contributed by atoms with Gasteiger partial charge in [-0.25, -0.2) is 9.78 Å². The third-order valence-corrected chi connectivity index (χ3v) is 12.5. The summed E-state index contributed by atoms with van der Waals surface area (Å²) in [4.78, 5) is 61.7. The van der Waals surface area contributed by atoms with Crippen molar-refractivity contribution in [3.8, 4) is 28.1 Å². The fraction of sp³-hybridized carbons (Fsp3) is 0.596. The van der Waals surface area contributed by atoms with E-state index in [1.807, 2.05) is 44.9 Å². The predicted octanol–water partition coefficient (Wildman–Crippen LogP) is 6.83. The lowest BCUT2D eigenvalue weighted by Crippen LogP contribution is -2.56. The van der Waals surface area contributed by atoms with Gasteiger partial charge in [0, 0.05) is 87.8 Å². The molecule has 5 heterocycles. The van der Waals surface area contributed by atoms with E-state index in [-0.39, 0.29) is 35.3 Å².